The number of pyridine rings is 1. The van der Waals surface area contributed by atoms with E-state index in [9.17, 15) is 0 Å². The molecule has 1 aromatic carbocycles. The van der Waals surface area contributed by atoms with E-state index in [0.29, 0.717) is 19.0 Å². The fraction of sp³-hybridized carbons (Fsp3) is 0.188. The normalized spacial score (nSPS) is 11.0. The van der Waals surface area contributed by atoms with E-state index in [2.05, 4.69) is 15.3 Å². The van der Waals surface area contributed by atoms with Crippen LogP contribution >= 0.6 is 11.6 Å². The van der Waals surface area contributed by atoms with Crippen molar-refractivity contribution in [2.24, 2.45) is 0 Å². The van der Waals surface area contributed by atoms with Gasteiger partial charge in [-0.1, -0.05) is 35.9 Å². The van der Waals surface area contributed by atoms with Crippen LogP contribution in [0.3, 0.4) is 0 Å². The molecular weight excluding hydrogens is 286 g/mol. The van der Waals surface area contributed by atoms with Crippen molar-refractivity contribution in [1.29, 1.82) is 0 Å². The fourth-order valence-corrected chi connectivity index (χ4v) is 2.63. The van der Waals surface area contributed by atoms with Crippen LogP contribution in [0.1, 0.15) is 11.3 Å². The molecule has 0 aliphatic rings. The van der Waals surface area contributed by atoms with Gasteiger partial charge >= 0.3 is 0 Å². The summed E-state index contributed by atoms with van der Waals surface area (Å²) in [5.74, 6) is 0.646. The van der Waals surface area contributed by atoms with Gasteiger partial charge in [-0.15, -0.1) is 0 Å². The van der Waals surface area contributed by atoms with E-state index in [1.165, 1.54) is 0 Å². The number of hydrogen-bond acceptors (Lipinski definition) is 3. The molecule has 0 saturated heterocycles. The third kappa shape index (κ3) is 2.86. The Labute approximate surface area is 128 Å². The first-order valence-corrected chi connectivity index (χ1v) is 7.11. The Hall–Kier alpha value is -2.04. The zero-order chi connectivity index (χ0) is 14.7. The number of hydrogen-bond donors (Lipinski definition) is 2. The van der Waals surface area contributed by atoms with Crippen LogP contribution in [0, 0.1) is 0 Å². The summed E-state index contributed by atoms with van der Waals surface area (Å²) < 4.78 is 5.23. The minimum Gasteiger partial charge on any atom is -0.481 e. The van der Waals surface area contributed by atoms with Crippen LogP contribution in [0.25, 0.3) is 10.9 Å². The highest BCUT2D eigenvalue weighted by atomic mass is 35.5. The maximum absolute atomic E-state index is 6.39. The number of nitrogens with one attached hydrogen (secondary N) is 2. The molecule has 5 heteroatoms. The number of aromatic nitrogens is 2. The minimum absolute atomic E-state index is 0.646. The average molecular weight is 302 g/mol. The largest absolute Gasteiger partial charge is 0.481 e. The van der Waals surface area contributed by atoms with Crippen molar-refractivity contribution in [2.75, 3.05) is 7.11 Å². The van der Waals surface area contributed by atoms with Gasteiger partial charge in [-0.25, -0.2) is 4.98 Å². The number of halogens is 1. The molecule has 108 valence electrons. The molecule has 0 amide bonds. The third-order valence-corrected chi connectivity index (χ3v) is 3.81. The lowest BCUT2D eigenvalue weighted by Crippen LogP contribution is -2.14. The van der Waals surface area contributed by atoms with Crippen molar-refractivity contribution >= 4 is 22.5 Å². The molecule has 2 aromatic heterocycles. The first-order chi connectivity index (χ1) is 10.3. The second-order valence-electron chi connectivity index (χ2n) is 4.74. The number of fused-ring (bicyclic) bond motifs is 1. The number of para-hydroxylation sites is 1. The lowest BCUT2D eigenvalue weighted by Gasteiger charge is -2.08. The lowest BCUT2D eigenvalue weighted by atomic mass is 10.2. The number of rotatable bonds is 5. The fourth-order valence-electron chi connectivity index (χ4n) is 2.35. The molecule has 0 atom stereocenters. The van der Waals surface area contributed by atoms with Gasteiger partial charge in [0.2, 0.25) is 5.88 Å². The first kappa shape index (κ1) is 13.9. The molecule has 21 heavy (non-hydrogen) atoms. The molecular formula is C16H16ClN3O. The average Bonchev–Trinajstić information content (AvgIpc) is 2.85. The summed E-state index contributed by atoms with van der Waals surface area (Å²) in [5, 5.41) is 5.18. The summed E-state index contributed by atoms with van der Waals surface area (Å²) in [4.78, 5) is 7.52. The van der Waals surface area contributed by atoms with Gasteiger partial charge < -0.3 is 15.0 Å². The molecule has 0 saturated carbocycles. The lowest BCUT2D eigenvalue weighted by molar-refractivity contribution is 0.390. The molecule has 3 aromatic rings. The van der Waals surface area contributed by atoms with Gasteiger partial charge in [-0.05, 0) is 12.1 Å². The summed E-state index contributed by atoms with van der Waals surface area (Å²) in [6.45, 7) is 1.33. The maximum atomic E-state index is 6.39. The second-order valence-corrected chi connectivity index (χ2v) is 5.12. The van der Waals surface area contributed by atoms with E-state index in [4.69, 9.17) is 16.3 Å². The summed E-state index contributed by atoms with van der Waals surface area (Å²) in [6.07, 6.45) is 1.72. The molecule has 2 N–H and O–H groups in total. The van der Waals surface area contributed by atoms with Crippen molar-refractivity contribution in [3.8, 4) is 5.88 Å². The highest BCUT2D eigenvalue weighted by Gasteiger charge is 2.09. The number of ether oxygens (including phenoxy) is 1. The van der Waals surface area contributed by atoms with E-state index in [-0.39, 0.29) is 0 Å². The van der Waals surface area contributed by atoms with Crippen molar-refractivity contribution in [1.82, 2.24) is 15.3 Å². The Balaban J connectivity index is 1.71. The first-order valence-electron chi connectivity index (χ1n) is 6.73. The molecule has 0 bridgehead atoms. The van der Waals surface area contributed by atoms with Crippen molar-refractivity contribution in [2.45, 2.75) is 13.1 Å². The van der Waals surface area contributed by atoms with Gasteiger partial charge in [0.25, 0.3) is 0 Å². The standard InChI is InChI=1S/C16H16ClN3O/c1-21-16-11(5-4-8-19-16)9-18-10-14-15(17)12-6-2-3-7-13(12)20-14/h2-8,18,20H,9-10H2,1H3. The van der Waals surface area contributed by atoms with Gasteiger partial charge in [0.1, 0.15) is 0 Å². The Morgan fingerprint density at radius 3 is 2.86 bits per heavy atom. The van der Waals surface area contributed by atoms with Crippen LogP contribution in [-0.2, 0) is 13.1 Å². The molecule has 0 unspecified atom stereocenters. The van der Waals surface area contributed by atoms with Crippen LogP contribution in [0.4, 0.5) is 0 Å². The topological polar surface area (TPSA) is 49.9 Å². The van der Waals surface area contributed by atoms with Crippen molar-refractivity contribution < 1.29 is 4.74 Å². The minimum atomic E-state index is 0.646. The highest BCUT2D eigenvalue weighted by molar-refractivity contribution is 6.36. The molecule has 4 nitrogen and oxygen atoms in total. The zero-order valence-electron chi connectivity index (χ0n) is 11.7. The molecule has 3 rings (SSSR count). The predicted molar refractivity (Wildman–Crippen MR) is 84.6 cm³/mol. The van der Waals surface area contributed by atoms with Crippen LogP contribution in [0.15, 0.2) is 42.6 Å². The molecule has 0 aliphatic carbocycles. The van der Waals surface area contributed by atoms with E-state index in [0.717, 1.165) is 27.2 Å². The maximum Gasteiger partial charge on any atom is 0.217 e. The van der Waals surface area contributed by atoms with Crippen molar-refractivity contribution in [3.63, 3.8) is 0 Å². The Bertz CT molecular complexity index is 754. The second kappa shape index (κ2) is 6.16. The number of benzene rings is 1. The predicted octanol–water partition coefficient (Wildman–Crippen LogP) is 3.51. The molecule has 2 heterocycles. The number of H-pyrrole nitrogens is 1. The Kier molecular flexibility index (Phi) is 4.08. The van der Waals surface area contributed by atoms with Crippen LogP contribution in [0.5, 0.6) is 5.88 Å². The van der Waals surface area contributed by atoms with Gasteiger partial charge in [0.15, 0.2) is 0 Å². The Morgan fingerprint density at radius 2 is 2.05 bits per heavy atom. The number of aromatic amines is 1. The summed E-state index contributed by atoms with van der Waals surface area (Å²) >= 11 is 6.39. The molecule has 0 spiro atoms. The van der Waals surface area contributed by atoms with E-state index >= 15 is 0 Å². The van der Waals surface area contributed by atoms with Gasteiger partial charge in [0, 0.05) is 41.4 Å². The van der Waals surface area contributed by atoms with E-state index in [1.54, 1.807) is 13.3 Å². The number of methoxy groups -OCH3 is 1. The molecule has 0 radical (unpaired) electrons. The summed E-state index contributed by atoms with van der Waals surface area (Å²) in [7, 11) is 1.63. The zero-order valence-corrected chi connectivity index (χ0v) is 12.4. The monoisotopic (exact) mass is 301 g/mol. The smallest absolute Gasteiger partial charge is 0.217 e. The van der Waals surface area contributed by atoms with Crippen LogP contribution < -0.4 is 10.1 Å². The van der Waals surface area contributed by atoms with Crippen LogP contribution in [0.2, 0.25) is 5.02 Å². The van der Waals surface area contributed by atoms with Gasteiger partial charge in [-0.3, -0.25) is 0 Å². The Morgan fingerprint density at radius 1 is 1.19 bits per heavy atom. The SMILES string of the molecule is COc1ncccc1CNCc1[nH]c2ccccc2c1Cl. The van der Waals surface area contributed by atoms with Crippen molar-refractivity contribution in [3.05, 3.63) is 58.9 Å². The van der Waals surface area contributed by atoms with E-state index in [1.807, 2.05) is 36.4 Å². The van der Waals surface area contributed by atoms with Crippen LogP contribution in [-0.4, -0.2) is 17.1 Å². The quantitative estimate of drug-likeness (QED) is 0.758. The third-order valence-electron chi connectivity index (χ3n) is 3.37. The molecule has 0 fully saturated rings. The van der Waals surface area contributed by atoms with Gasteiger partial charge in [-0.2, -0.15) is 0 Å². The number of nitrogens with zero attached hydrogens (tertiary/aromatic N) is 1. The summed E-state index contributed by atoms with van der Waals surface area (Å²) in [5.41, 5.74) is 3.06. The summed E-state index contributed by atoms with van der Waals surface area (Å²) in [6, 6.07) is 11.9. The highest BCUT2D eigenvalue weighted by Crippen LogP contribution is 2.27. The molecule has 0 aliphatic heterocycles. The van der Waals surface area contributed by atoms with E-state index < -0.39 is 0 Å². The van der Waals surface area contributed by atoms with Gasteiger partial charge in [0.05, 0.1) is 12.1 Å².